The predicted molar refractivity (Wildman–Crippen MR) is 96.7 cm³/mol. The first-order valence-electron chi connectivity index (χ1n) is 8.42. The summed E-state index contributed by atoms with van der Waals surface area (Å²) < 4.78 is 37.1. The number of rotatable bonds is 6. The number of nitrogens with one attached hydrogen (secondary N) is 1. The molecule has 0 bridgehead atoms. The molecule has 0 aliphatic rings. The lowest BCUT2D eigenvalue weighted by Crippen LogP contribution is -2.32. The second kappa shape index (κ2) is 8.46. The van der Waals surface area contributed by atoms with Gasteiger partial charge in [-0.25, -0.2) is 13.6 Å². The van der Waals surface area contributed by atoms with Crippen LogP contribution in [0.3, 0.4) is 0 Å². The van der Waals surface area contributed by atoms with Crippen LogP contribution in [0, 0.1) is 11.6 Å². The van der Waals surface area contributed by atoms with Gasteiger partial charge in [0, 0.05) is 5.56 Å². The van der Waals surface area contributed by atoms with Crippen molar-refractivity contribution in [3.63, 3.8) is 0 Å². The minimum absolute atomic E-state index is 0.0583. The molecule has 2 aromatic carbocycles. The Morgan fingerprint density at radius 1 is 1.17 bits per heavy atom. The summed E-state index contributed by atoms with van der Waals surface area (Å²) in [5.74, 6) is -3.81. The fourth-order valence-electron chi connectivity index (χ4n) is 2.32. The molecular weight excluding hydrogens is 388 g/mol. The van der Waals surface area contributed by atoms with Crippen LogP contribution in [-0.2, 0) is 20.9 Å². The Morgan fingerprint density at radius 2 is 1.86 bits per heavy atom. The molecular formula is C19H15F2N3O5. The molecule has 8 nitrogen and oxygen atoms in total. The molecule has 1 aromatic heterocycles. The molecule has 0 fully saturated rings. The first-order valence-corrected chi connectivity index (χ1v) is 8.42. The Kier molecular flexibility index (Phi) is 5.82. The summed E-state index contributed by atoms with van der Waals surface area (Å²) in [4.78, 5) is 35.9. The highest BCUT2D eigenvalue weighted by molar-refractivity contribution is 5.95. The van der Waals surface area contributed by atoms with Gasteiger partial charge in [0.05, 0.1) is 5.69 Å². The third-order valence-corrected chi connectivity index (χ3v) is 3.79. The topological polar surface area (TPSA) is 103 Å². The lowest BCUT2D eigenvalue weighted by molar-refractivity contribution is -0.154. The number of carbonyl (C=O) groups is 2. The number of para-hydroxylation sites is 1. The number of hydrogen-bond acceptors (Lipinski definition) is 6. The number of hydrogen-bond donors (Lipinski definition) is 1. The molecule has 1 N–H and O–H groups in total. The summed E-state index contributed by atoms with van der Waals surface area (Å²) in [5.41, 5.74) is 0.283. The molecule has 0 saturated carbocycles. The third kappa shape index (κ3) is 4.92. The van der Waals surface area contributed by atoms with Crippen molar-refractivity contribution in [2.45, 2.75) is 19.6 Å². The molecule has 150 valence electrons. The average molecular weight is 403 g/mol. The number of nitrogens with zero attached hydrogens (tertiary/aromatic N) is 2. The van der Waals surface area contributed by atoms with Gasteiger partial charge in [0.2, 0.25) is 5.89 Å². The molecule has 0 aliphatic heterocycles. The molecule has 1 heterocycles. The van der Waals surface area contributed by atoms with E-state index in [1.165, 1.54) is 55.5 Å². The van der Waals surface area contributed by atoms with Crippen molar-refractivity contribution in [2.24, 2.45) is 0 Å². The second-order valence-corrected chi connectivity index (χ2v) is 5.94. The molecule has 3 rings (SSSR count). The van der Waals surface area contributed by atoms with E-state index < -0.39 is 41.9 Å². The van der Waals surface area contributed by atoms with E-state index in [1.54, 1.807) is 0 Å². The molecule has 0 saturated heterocycles. The molecule has 0 spiro atoms. The Labute approximate surface area is 162 Å². The van der Waals surface area contributed by atoms with Gasteiger partial charge in [-0.15, -0.1) is 5.10 Å². The Balaban J connectivity index is 1.61. The van der Waals surface area contributed by atoms with Crippen LogP contribution in [0.4, 0.5) is 14.5 Å². The Morgan fingerprint density at radius 3 is 2.55 bits per heavy atom. The predicted octanol–water partition coefficient (Wildman–Crippen LogP) is 2.35. The van der Waals surface area contributed by atoms with Crippen LogP contribution in [0.5, 0.6) is 0 Å². The maximum absolute atomic E-state index is 13.6. The smallest absolute Gasteiger partial charge is 0.437 e. The van der Waals surface area contributed by atoms with Crippen molar-refractivity contribution in [1.82, 2.24) is 9.78 Å². The van der Waals surface area contributed by atoms with Gasteiger partial charge in [-0.1, -0.05) is 12.1 Å². The Bertz CT molecular complexity index is 1090. The molecule has 10 heteroatoms. The van der Waals surface area contributed by atoms with Crippen LogP contribution in [0.25, 0.3) is 11.5 Å². The first kappa shape index (κ1) is 19.9. The lowest BCUT2D eigenvalue weighted by Gasteiger charge is -2.13. The summed E-state index contributed by atoms with van der Waals surface area (Å²) in [6.07, 6.45) is -1.25. The Hall–Kier alpha value is -3.82. The zero-order chi connectivity index (χ0) is 21.0. The van der Waals surface area contributed by atoms with Crippen LogP contribution in [0.15, 0.2) is 57.7 Å². The molecule has 1 unspecified atom stereocenters. The maximum Gasteiger partial charge on any atom is 0.437 e. The van der Waals surface area contributed by atoms with E-state index in [0.717, 1.165) is 0 Å². The van der Waals surface area contributed by atoms with Crippen molar-refractivity contribution < 1.29 is 27.5 Å². The normalized spacial score (nSPS) is 11.7. The number of amides is 1. The highest BCUT2D eigenvalue weighted by Gasteiger charge is 2.21. The van der Waals surface area contributed by atoms with Gasteiger partial charge in [-0.05, 0) is 43.3 Å². The van der Waals surface area contributed by atoms with E-state index in [-0.39, 0.29) is 11.6 Å². The van der Waals surface area contributed by atoms with Crippen molar-refractivity contribution in [2.75, 3.05) is 5.32 Å². The summed E-state index contributed by atoms with van der Waals surface area (Å²) in [5, 5.41) is 6.14. The fraction of sp³-hybridized carbons (Fsp3) is 0.158. The average Bonchev–Trinajstić information content (AvgIpc) is 3.04. The third-order valence-electron chi connectivity index (χ3n) is 3.79. The minimum atomic E-state index is -1.25. The minimum Gasteiger partial charge on any atom is -0.451 e. The zero-order valence-electron chi connectivity index (χ0n) is 15.1. The van der Waals surface area contributed by atoms with Gasteiger partial charge in [0.25, 0.3) is 5.91 Å². The standard InChI is InChI=1S/C19H15F2N3O5/c1-11(17(26)22-15-5-3-2-4-14(15)21)28-16(25)10-24-19(27)29-18(23-24)12-6-8-13(20)9-7-12/h2-9,11H,10H2,1H3,(H,22,26). The van der Waals surface area contributed by atoms with Crippen LogP contribution >= 0.6 is 0 Å². The monoisotopic (exact) mass is 403 g/mol. The summed E-state index contributed by atoms with van der Waals surface area (Å²) >= 11 is 0. The van der Waals surface area contributed by atoms with E-state index in [2.05, 4.69) is 10.4 Å². The van der Waals surface area contributed by atoms with Gasteiger partial charge >= 0.3 is 11.7 Å². The summed E-state index contributed by atoms with van der Waals surface area (Å²) in [7, 11) is 0. The van der Waals surface area contributed by atoms with Gasteiger partial charge < -0.3 is 14.5 Å². The van der Waals surface area contributed by atoms with Crippen molar-refractivity contribution >= 4 is 17.6 Å². The highest BCUT2D eigenvalue weighted by atomic mass is 19.1. The van der Waals surface area contributed by atoms with Crippen LogP contribution < -0.4 is 11.1 Å². The van der Waals surface area contributed by atoms with Crippen molar-refractivity contribution in [1.29, 1.82) is 0 Å². The van der Waals surface area contributed by atoms with E-state index in [9.17, 15) is 23.2 Å². The second-order valence-electron chi connectivity index (χ2n) is 5.94. The maximum atomic E-state index is 13.6. The zero-order valence-corrected chi connectivity index (χ0v) is 15.1. The quantitative estimate of drug-likeness (QED) is 0.634. The molecule has 3 aromatic rings. The molecule has 1 atom stereocenters. The number of benzene rings is 2. The molecule has 1 amide bonds. The van der Waals surface area contributed by atoms with Gasteiger partial charge in [0.15, 0.2) is 6.10 Å². The SMILES string of the molecule is CC(OC(=O)Cn1nc(-c2ccc(F)cc2)oc1=O)C(=O)Nc1ccccc1F. The van der Waals surface area contributed by atoms with E-state index in [4.69, 9.17) is 9.15 Å². The van der Waals surface area contributed by atoms with E-state index in [1.807, 2.05) is 0 Å². The largest absolute Gasteiger partial charge is 0.451 e. The van der Waals surface area contributed by atoms with Gasteiger partial charge in [-0.3, -0.25) is 9.59 Å². The molecule has 0 radical (unpaired) electrons. The van der Waals surface area contributed by atoms with Crippen molar-refractivity contribution in [3.05, 3.63) is 70.7 Å². The number of esters is 1. The number of carbonyl (C=O) groups excluding carboxylic acids is 2. The molecule has 29 heavy (non-hydrogen) atoms. The van der Waals surface area contributed by atoms with Crippen LogP contribution in [-0.4, -0.2) is 27.8 Å². The summed E-state index contributed by atoms with van der Waals surface area (Å²) in [6.45, 7) is 0.685. The number of ether oxygens (including phenoxy) is 1. The van der Waals surface area contributed by atoms with Gasteiger partial charge in [0.1, 0.15) is 18.2 Å². The lowest BCUT2D eigenvalue weighted by atomic mass is 10.2. The number of halogens is 2. The highest BCUT2D eigenvalue weighted by Crippen LogP contribution is 2.16. The van der Waals surface area contributed by atoms with Crippen LogP contribution in [0.1, 0.15) is 6.92 Å². The van der Waals surface area contributed by atoms with E-state index >= 15 is 0 Å². The first-order chi connectivity index (χ1) is 13.8. The van der Waals surface area contributed by atoms with Gasteiger partial charge in [-0.2, -0.15) is 4.68 Å². The van der Waals surface area contributed by atoms with Crippen LogP contribution in [0.2, 0.25) is 0 Å². The summed E-state index contributed by atoms with van der Waals surface area (Å²) in [6, 6.07) is 10.6. The molecule has 0 aliphatic carbocycles. The number of aromatic nitrogens is 2. The van der Waals surface area contributed by atoms with Crippen molar-refractivity contribution in [3.8, 4) is 11.5 Å². The number of anilines is 1. The van der Waals surface area contributed by atoms with E-state index in [0.29, 0.717) is 10.2 Å². The fourth-order valence-corrected chi connectivity index (χ4v) is 2.32.